The van der Waals surface area contributed by atoms with Crippen molar-refractivity contribution in [3.63, 3.8) is 0 Å². The first-order valence-electron chi connectivity index (χ1n) is 6.11. The molecule has 1 aromatic carbocycles. The first-order valence-corrected chi connectivity index (χ1v) is 6.99. The van der Waals surface area contributed by atoms with Crippen molar-refractivity contribution in [3.05, 3.63) is 52.2 Å². The molecule has 0 radical (unpaired) electrons. The summed E-state index contributed by atoms with van der Waals surface area (Å²) in [6.45, 7) is 1.77. The van der Waals surface area contributed by atoms with E-state index < -0.39 is 0 Å². The molecule has 1 aromatic heterocycles. The van der Waals surface area contributed by atoms with E-state index in [0.717, 1.165) is 6.42 Å². The monoisotopic (exact) mass is 273 g/mol. The zero-order valence-corrected chi connectivity index (χ0v) is 11.4. The molecular weight excluding hydrogens is 258 g/mol. The van der Waals surface area contributed by atoms with Gasteiger partial charge in [-0.25, -0.2) is 0 Å². The minimum atomic E-state index is 0.499. The quantitative estimate of drug-likeness (QED) is 0.727. The second-order valence-corrected chi connectivity index (χ2v) is 4.96. The summed E-state index contributed by atoms with van der Waals surface area (Å²) in [5, 5.41) is 10.8. The lowest BCUT2D eigenvalue weighted by Gasteiger charge is -2.07. The topological polar surface area (TPSA) is 42.2 Å². The third kappa shape index (κ3) is 4.74. The van der Waals surface area contributed by atoms with Crippen LogP contribution in [0.15, 0.2) is 41.8 Å². The fourth-order valence-electron chi connectivity index (χ4n) is 1.60. The second kappa shape index (κ2) is 7.57. The molecule has 0 unspecified atom stereocenters. The van der Waals surface area contributed by atoms with Gasteiger partial charge in [-0.2, -0.15) is 5.26 Å². The van der Waals surface area contributed by atoms with Crippen LogP contribution in [0.1, 0.15) is 10.4 Å². The molecule has 0 saturated heterocycles. The van der Waals surface area contributed by atoms with Crippen molar-refractivity contribution in [2.45, 2.75) is 6.42 Å². The van der Waals surface area contributed by atoms with Gasteiger partial charge in [-0.15, -0.1) is 11.3 Å². The van der Waals surface area contributed by atoms with Crippen molar-refractivity contribution in [2.24, 2.45) is 0 Å². The molecule has 19 heavy (non-hydrogen) atoms. The maximum Gasteiger partial charge on any atom is 0.120 e. The molecule has 0 aliphatic heterocycles. The van der Waals surface area contributed by atoms with Crippen molar-refractivity contribution in [2.75, 3.05) is 19.8 Å². The SMILES string of the molecule is N#Cc1cccc(OCCOCCc2cccs2)c1. The van der Waals surface area contributed by atoms with Gasteiger partial charge in [0.05, 0.1) is 24.8 Å². The Balaban J connectivity index is 1.60. The normalized spacial score (nSPS) is 10.1. The maximum atomic E-state index is 8.76. The minimum absolute atomic E-state index is 0.499. The summed E-state index contributed by atoms with van der Waals surface area (Å²) in [5.74, 6) is 0.709. The van der Waals surface area contributed by atoms with E-state index in [4.69, 9.17) is 14.7 Å². The van der Waals surface area contributed by atoms with E-state index in [1.165, 1.54) is 4.88 Å². The first kappa shape index (κ1) is 13.6. The Bertz CT molecular complexity index is 531. The zero-order valence-electron chi connectivity index (χ0n) is 10.5. The molecule has 0 fully saturated rings. The van der Waals surface area contributed by atoms with Crippen molar-refractivity contribution in [3.8, 4) is 11.8 Å². The molecule has 0 amide bonds. The molecule has 0 saturated carbocycles. The third-order valence-electron chi connectivity index (χ3n) is 2.53. The smallest absolute Gasteiger partial charge is 0.120 e. The van der Waals surface area contributed by atoms with Gasteiger partial charge in [0.2, 0.25) is 0 Å². The highest BCUT2D eigenvalue weighted by Gasteiger charge is 1.97. The van der Waals surface area contributed by atoms with Crippen LogP contribution in [0.4, 0.5) is 0 Å². The molecule has 4 heteroatoms. The third-order valence-corrected chi connectivity index (χ3v) is 3.47. The Morgan fingerprint density at radius 2 is 2.05 bits per heavy atom. The number of nitrogens with zero attached hydrogens (tertiary/aromatic N) is 1. The summed E-state index contributed by atoms with van der Waals surface area (Å²) < 4.78 is 11.0. The van der Waals surface area contributed by atoms with Crippen LogP contribution in [0.5, 0.6) is 5.75 Å². The van der Waals surface area contributed by atoms with Crippen LogP contribution in [-0.4, -0.2) is 19.8 Å². The van der Waals surface area contributed by atoms with Crippen LogP contribution < -0.4 is 4.74 Å². The van der Waals surface area contributed by atoms with Gasteiger partial charge in [-0.3, -0.25) is 0 Å². The molecular formula is C15H15NO2S. The number of hydrogen-bond donors (Lipinski definition) is 0. The van der Waals surface area contributed by atoms with E-state index in [9.17, 15) is 0 Å². The van der Waals surface area contributed by atoms with Gasteiger partial charge in [0.1, 0.15) is 12.4 Å². The molecule has 0 atom stereocenters. The van der Waals surface area contributed by atoms with E-state index in [0.29, 0.717) is 31.1 Å². The van der Waals surface area contributed by atoms with Crippen LogP contribution in [0, 0.1) is 11.3 Å². The van der Waals surface area contributed by atoms with E-state index in [2.05, 4.69) is 17.5 Å². The van der Waals surface area contributed by atoms with E-state index in [-0.39, 0.29) is 0 Å². The average molecular weight is 273 g/mol. The fraction of sp³-hybridized carbons (Fsp3) is 0.267. The van der Waals surface area contributed by atoms with Crippen LogP contribution in [0.25, 0.3) is 0 Å². The second-order valence-electron chi connectivity index (χ2n) is 3.93. The van der Waals surface area contributed by atoms with E-state index in [1.54, 1.807) is 23.5 Å². The summed E-state index contributed by atoms with van der Waals surface area (Å²) in [5.41, 5.74) is 0.608. The standard InChI is InChI=1S/C15H15NO2S/c16-12-13-3-1-4-14(11-13)18-9-8-17-7-6-15-5-2-10-19-15/h1-5,10-11H,6-9H2. The Morgan fingerprint density at radius 3 is 2.84 bits per heavy atom. The van der Waals surface area contributed by atoms with Gasteiger partial charge in [0.25, 0.3) is 0 Å². The van der Waals surface area contributed by atoms with Gasteiger partial charge in [0.15, 0.2) is 0 Å². The lowest BCUT2D eigenvalue weighted by Crippen LogP contribution is -2.08. The molecule has 0 aliphatic carbocycles. The molecule has 0 aliphatic rings. The summed E-state index contributed by atoms with van der Waals surface area (Å²) in [6, 6.07) is 13.4. The Kier molecular flexibility index (Phi) is 5.42. The zero-order chi connectivity index (χ0) is 13.3. The van der Waals surface area contributed by atoms with Gasteiger partial charge >= 0.3 is 0 Å². The van der Waals surface area contributed by atoms with E-state index >= 15 is 0 Å². The van der Waals surface area contributed by atoms with Gasteiger partial charge < -0.3 is 9.47 Å². The molecule has 0 bridgehead atoms. The van der Waals surface area contributed by atoms with Crippen molar-refractivity contribution in [1.29, 1.82) is 5.26 Å². The number of nitriles is 1. The van der Waals surface area contributed by atoms with Crippen LogP contribution in [0.2, 0.25) is 0 Å². The van der Waals surface area contributed by atoms with Gasteiger partial charge in [-0.1, -0.05) is 12.1 Å². The number of benzene rings is 1. The summed E-state index contributed by atoms with van der Waals surface area (Å²) in [6.07, 6.45) is 0.946. The Hall–Kier alpha value is -1.83. The number of ether oxygens (including phenoxy) is 2. The van der Waals surface area contributed by atoms with Crippen LogP contribution in [-0.2, 0) is 11.2 Å². The van der Waals surface area contributed by atoms with E-state index in [1.807, 2.05) is 18.2 Å². The summed E-state index contributed by atoms with van der Waals surface area (Å²) in [4.78, 5) is 1.34. The average Bonchev–Trinajstić information content (AvgIpc) is 2.96. The molecule has 2 aromatic rings. The predicted octanol–water partition coefficient (Wildman–Crippen LogP) is 3.26. The molecule has 0 spiro atoms. The van der Waals surface area contributed by atoms with Crippen LogP contribution >= 0.6 is 11.3 Å². The highest BCUT2D eigenvalue weighted by Crippen LogP contribution is 2.12. The first-order chi connectivity index (χ1) is 9.38. The van der Waals surface area contributed by atoms with Crippen molar-refractivity contribution in [1.82, 2.24) is 0 Å². The van der Waals surface area contributed by atoms with Crippen molar-refractivity contribution < 1.29 is 9.47 Å². The summed E-state index contributed by atoms with van der Waals surface area (Å²) in [7, 11) is 0. The fourth-order valence-corrected chi connectivity index (χ4v) is 2.29. The highest BCUT2D eigenvalue weighted by atomic mass is 32.1. The van der Waals surface area contributed by atoms with Crippen molar-refractivity contribution >= 4 is 11.3 Å². The molecule has 0 N–H and O–H groups in total. The summed E-state index contributed by atoms with van der Waals surface area (Å²) >= 11 is 1.75. The number of hydrogen-bond acceptors (Lipinski definition) is 4. The van der Waals surface area contributed by atoms with Crippen LogP contribution in [0.3, 0.4) is 0 Å². The largest absolute Gasteiger partial charge is 0.491 e. The molecule has 1 heterocycles. The predicted molar refractivity (Wildman–Crippen MR) is 75.5 cm³/mol. The lowest BCUT2D eigenvalue weighted by atomic mass is 10.2. The highest BCUT2D eigenvalue weighted by molar-refractivity contribution is 7.09. The van der Waals surface area contributed by atoms with Gasteiger partial charge in [0, 0.05) is 11.3 Å². The number of rotatable bonds is 7. The minimum Gasteiger partial charge on any atom is -0.491 e. The molecule has 98 valence electrons. The lowest BCUT2D eigenvalue weighted by molar-refractivity contribution is 0.103. The Labute approximate surface area is 117 Å². The molecule has 2 rings (SSSR count). The molecule has 3 nitrogen and oxygen atoms in total. The van der Waals surface area contributed by atoms with Gasteiger partial charge in [-0.05, 0) is 29.6 Å². The Morgan fingerprint density at radius 1 is 1.11 bits per heavy atom. The number of thiophene rings is 1. The maximum absolute atomic E-state index is 8.76.